The van der Waals surface area contributed by atoms with Crippen molar-refractivity contribution < 1.29 is 4.79 Å². The maximum Gasteiger partial charge on any atom is 0.243 e. The molecule has 1 heterocycles. The number of unbranched alkanes of at least 4 members (excludes halogenated alkanes) is 1. The number of aromatic nitrogens is 1. The highest BCUT2D eigenvalue weighted by Crippen LogP contribution is 2.27. The number of aryl methyl sites for hydroxylation is 1. The Kier molecular flexibility index (Phi) is 4.77. The molecule has 0 aliphatic rings. The van der Waals surface area contributed by atoms with Crippen LogP contribution in [0.25, 0.3) is 10.2 Å². The van der Waals surface area contributed by atoms with Crippen molar-refractivity contribution in [2.75, 3.05) is 5.32 Å². The van der Waals surface area contributed by atoms with Gasteiger partial charge in [0.1, 0.15) is 5.38 Å². The number of thiazole rings is 1. The first-order chi connectivity index (χ1) is 9.10. The summed E-state index contributed by atoms with van der Waals surface area (Å²) in [7, 11) is 0. The van der Waals surface area contributed by atoms with Gasteiger partial charge in [-0.3, -0.25) is 4.79 Å². The summed E-state index contributed by atoms with van der Waals surface area (Å²) in [5.41, 5.74) is 2.24. The van der Waals surface area contributed by atoms with Crippen molar-refractivity contribution in [3.8, 4) is 0 Å². The van der Waals surface area contributed by atoms with Crippen LogP contribution in [0.1, 0.15) is 32.3 Å². The third kappa shape index (κ3) is 3.67. The van der Waals surface area contributed by atoms with Crippen LogP contribution in [-0.4, -0.2) is 16.3 Å². The summed E-state index contributed by atoms with van der Waals surface area (Å²) in [6.07, 6.45) is 3.47. The van der Waals surface area contributed by atoms with Crippen LogP contribution in [-0.2, 0) is 11.2 Å². The van der Waals surface area contributed by atoms with Crippen molar-refractivity contribution in [1.29, 1.82) is 0 Å². The molecule has 0 radical (unpaired) electrons. The smallest absolute Gasteiger partial charge is 0.243 e. The molecule has 0 saturated heterocycles. The summed E-state index contributed by atoms with van der Waals surface area (Å²) in [4.78, 5) is 15.9. The number of amides is 1. The van der Waals surface area contributed by atoms with Crippen LogP contribution in [0.15, 0.2) is 18.2 Å². The molecule has 2 rings (SSSR count). The normalized spacial score (nSPS) is 12.6. The number of nitrogens with zero attached hydrogens (tertiary/aromatic N) is 1. The molecule has 0 fully saturated rings. The summed E-state index contributed by atoms with van der Waals surface area (Å²) in [5, 5.41) is 2.79. The lowest BCUT2D eigenvalue weighted by Gasteiger charge is -2.01. The maximum absolute atomic E-state index is 11.5. The number of alkyl halides is 1. The zero-order valence-corrected chi connectivity index (χ0v) is 12.6. The van der Waals surface area contributed by atoms with Gasteiger partial charge in [0.15, 0.2) is 5.13 Å². The van der Waals surface area contributed by atoms with E-state index < -0.39 is 5.38 Å². The first-order valence-electron chi connectivity index (χ1n) is 6.44. The van der Waals surface area contributed by atoms with Crippen LogP contribution < -0.4 is 5.32 Å². The second-order valence-corrected chi connectivity index (χ2v) is 6.22. The Morgan fingerprint density at radius 2 is 2.32 bits per heavy atom. The van der Waals surface area contributed by atoms with E-state index in [9.17, 15) is 4.79 Å². The molecule has 1 aromatic carbocycles. The van der Waals surface area contributed by atoms with Crippen LogP contribution in [0.2, 0.25) is 0 Å². The molecule has 0 spiro atoms. The molecule has 2 aromatic rings. The average Bonchev–Trinajstić information content (AvgIpc) is 2.77. The minimum Gasteiger partial charge on any atom is -0.301 e. The molecular formula is C14H17ClN2OS. The van der Waals surface area contributed by atoms with E-state index in [2.05, 4.69) is 29.4 Å². The van der Waals surface area contributed by atoms with Gasteiger partial charge in [-0.2, -0.15) is 0 Å². The third-order valence-corrected chi connectivity index (χ3v) is 4.00. The lowest BCUT2D eigenvalue weighted by atomic mass is 10.1. The molecule has 5 heteroatoms. The molecule has 1 atom stereocenters. The molecular weight excluding hydrogens is 280 g/mol. The lowest BCUT2D eigenvalue weighted by Crippen LogP contribution is -2.19. The van der Waals surface area contributed by atoms with Gasteiger partial charge < -0.3 is 5.32 Å². The van der Waals surface area contributed by atoms with Gasteiger partial charge in [-0.1, -0.05) is 30.7 Å². The number of nitrogens with one attached hydrogen (secondary N) is 1. The molecule has 0 saturated carbocycles. The molecule has 1 N–H and O–H groups in total. The third-order valence-electron chi connectivity index (χ3n) is 2.86. The van der Waals surface area contributed by atoms with Crippen molar-refractivity contribution in [2.45, 2.75) is 38.5 Å². The summed E-state index contributed by atoms with van der Waals surface area (Å²) in [5.74, 6) is -0.216. The number of anilines is 1. The molecule has 0 aliphatic heterocycles. The van der Waals surface area contributed by atoms with Crippen LogP contribution >= 0.6 is 22.9 Å². The Labute approximate surface area is 122 Å². The van der Waals surface area contributed by atoms with Gasteiger partial charge >= 0.3 is 0 Å². The van der Waals surface area contributed by atoms with Crippen molar-refractivity contribution in [2.24, 2.45) is 0 Å². The number of carbonyl (C=O) groups is 1. The minimum absolute atomic E-state index is 0.216. The maximum atomic E-state index is 11.5. The standard InChI is InChI=1S/C14H17ClN2OS/c1-3-4-5-10-6-7-11-12(8-10)19-14(16-11)17-13(18)9(2)15/h6-9H,3-5H2,1-2H3,(H,16,17,18). The van der Waals surface area contributed by atoms with Crippen molar-refractivity contribution in [3.63, 3.8) is 0 Å². The second-order valence-electron chi connectivity index (χ2n) is 4.53. The molecule has 19 heavy (non-hydrogen) atoms. The molecule has 3 nitrogen and oxygen atoms in total. The zero-order chi connectivity index (χ0) is 13.8. The number of fused-ring (bicyclic) bond motifs is 1. The Hall–Kier alpha value is -1.13. The number of hydrogen-bond donors (Lipinski definition) is 1. The molecule has 0 bridgehead atoms. The number of hydrogen-bond acceptors (Lipinski definition) is 3. The summed E-state index contributed by atoms with van der Waals surface area (Å²) in [6, 6.07) is 6.27. The fourth-order valence-electron chi connectivity index (χ4n) is 1.76. The quantitative estimate of drug-likeness (QED) is 0.840. The average molecular weight is 297 g/mol. The highest BCUT2D eigenvalue weighted by molar-refractivity contribution is 7.22. The summed E-state index contributed by atoms with van der Waals surface area (Å²) < 4.78 is 1.10. The number of carbonyl (C=O) groups excluding carboxylic acids is 1. The lowest BCUT2D eigenvalue weighted by molar-refractivity contribution is -0.115. The Bertz CT molecular complexity index is 580. The number of rotatable bonds is 5. The predicted molar refractivity (Wildman–Crippen MR) is 82.2 cm³/mol. The highest BCUT2D eigenvalue weighted by Gasteiger charge is 2.12. The van der Waals surface area contributed by atoms with Crippen LogP contribution in [0.3, 0.4) is 0 Å². The molecule has 1 amide bonds. The van der Waals surface area contributed by atoms with Crippen molar-refractivity contribution in [3.05, 3.63) is 23.8 Å². The van der Waals surface area contributed by atoms with Gasteiger partial charge in [-0.15, -0.1) is 11.6 Å². The fraction of sp³-hybridized carbons (Fsp3) is 0.429. The first kappa shape index (κ1) is 14.3. The van der Waals surface area contributed by atoms with Gasteiger partial charge in [0.2, 0.25) is 5.91 Å². The second kappa shape index (κ2) is 6.35. The van der Waals surface area contributed by atoms with E-state index in [1.807, 2.05) is 6.07 Å². The molecule has 1 aromatic heterocycles. The Morgan fingerprint density at radius 3 is 3.00 bits per heavy atom. The van der Waals surface area contributed by atoms with E-state index in [0.717, 1.165) is 16.6 Å². The monoisotopic (exact) mass is 296 g/mol. The molecule has 0 aliphatic carbocycles. The van der Waals surface area contributed by atoms with Crippen LogP contribution in [0, 0.1) is 0 Å². The molecule has 1 unspecified atom stereocenters. The Balaban J connectivity index is 2.18. The van der Waals surface area contributed by atoms with E-state index in [4.69, 9.17) is 11.6 Å². The SMILES string of the molecule is CCCCc1ccc2nc(NC(=O)C(C)Cl)sc2c1. The topological polar surface area (TPSA) is 42.0 Å². The fourth-order valence-corrected chi connectivity index (χ4v) is 2.75. The van der Waals surface area contributed by atoms with E-state index in [-0.39, 0.29) is 5.91 Å². The zero-order valence-electron chi connectivity index (χ0n) is 11.1. The van der Waals surface area contributed by atoms with E-state index in [0.29, 0.717) is 5.13 Å². The number of halogens is 1. The van der Waals surface area contributed by atoms with E-state index in [1.54, 1.807) is 6.92 Å². The minimum atomic E-state index is -0.549. The van der Waals surface area contributed by atoms with E-state index >= 15 is 0 Å². The Morgan fingerprint density at radius 1 is 1.53 bits per heavy atom. The largest absolute Gasteiger partial charge is 0.301 e. The van der Waals surface area contributed by atoms with Crippen LogP contribution in [0.5, 0.6) is 0 Å². The highest BCUT2D eigenvalue weighted by atomic mass is 35.5. The number of benzene rings is 1. The summed E-state index contributed by atoms with van der Waals surface area (Å²) >= 11 is 7.21. The molecule has 102 valence electrons. The first-order valence-corrected chi connectivity index (χ1v) is 7.70. The van der Waals surface area contributed by atoms with Gasteiger partial charge in [0.05, 0.1) is 10.2 Å². The van der Waals surface area contributed by atoms with Gasteiger partial charge in [-0.25, -0.2) is 4.98 Å². The van der Waals surface area contributed by atoms with Gasteiger partial charge in [0.25, 0.3) is 0 Å². The van der Waals surface area contributed by atoms with E-state index in [1.165, 1.54) is 29.7 Å². The van der Waals surface area contributed by atoms with Crippen LogP contribution in [0.4, 0.5) is 5.13 Å². The van der Waals surface area contributed by atoms with Crippen molar-refractivity contribution >= 4 is 44.2 Å². The van der Waals surface area contributed by atoms with Crippen molar-refractivity contribution in [1.82, 2.24) is 4.98 Å². The summed E-state index contributed by atoms with van der Waals surface area (Å²) in [6.45, 7) is 3.83. The van der Waals surface area contributed by atoms with Gasteiger partial charge in [-0.05, 0) is 37.5 Å². The predicted octanol–water partition coefficient (Wildman–Crippen LogP) is 4.20. The van der Waals surface area contributed by atoms with Gasteiger partial charge in [0, 0.05) is 0 Å².